The number of hydrogen-bond donors (Lipinski definition) is 3. The molecule has 1 aliphatic rings. The molecule has 2 atom stereocenters. The molecule has 0 aromatic carbocycles. The van der Waals surface area contributed by atoms with Gasteiger partial charge in [-0.15, -0.1) is 0 Å². The average molecular weight is 256 g/mol. The predicted octanol–water partition coefficient (Wildman–Crippen LogP) is 0.130. The molecule has 1 aliphatic carbocycles. The summed E-state index contributed by atoms with van der Waals surface area (Å²) in [6.07, 6.45) is 3.13. The molecule has 6 nitrogen and oxygen atoms in total. The third kappa shape index (κ3) is 4.01. The Labute approximate surface area is 106 Å². The maximum absolute atomic E-state index is 11.9. The monoisotopic (exact) mass is 256 g/mol. The summed E-state index contributed by atoms with van der Waals surface area (Å²) in [6.45, 7) is 0.251. The molecule has 0 heterocycles. The summed E-state index contributed by atoms with van der Waals surface area (Å²) in [6, 6.07) is 0. The maximum Gasteiger partial charge on any atom is 0.307 e. The van der Waals surface area contributed by atoms with E-state index in [4.69, 9.17) is 5.11 Å². The SMILES string of the molecule is CNC(=O)CCNC(=O)C1CCCCC1C(=O)O. The van der Waals surface area contributed by atoms with Gasteiger partial charge >= 0.3 is 5.97 Å². The van der Waals surface area contributed by atoms with Gasteiger partial charge in [-0.1, -0.05) is 12.8 Å². The lowest BCUT2D eigenvalue weighted by Gasteiger charge is -2.27. The first-order valence-corrected chi connectivity index (χ1v) is 6.27. The van der Waals surface area contributed by atoms with Crippen LogP contribution >= 0.6 is 0 Å². The summed E-state index contributed by atoms with van der Waals surface area (Å²) >= 11 is 0. The van der Waals surface area contributed by atoms with Crippen LogP contribution < -0.4 is 10.6 Å². The highest BCUT2D eigenvalue weighted by molar-refractivity contribution is 5.85. The van der Waals surface area contributed by atoms with E-state index in [1.54, 1.807) is 0 Å². The average Bonchev–Trinajstić information content (AvgIpc) is 2.38. The topological polar surface area (TPSA) is 95.5 Å². The Balaban J connectivity index is 2.43. The first-order chi connectivity index (χ1) is 8.56. The zero-order valence-corrected chi connectivity index (χ0v) is 10.6. The Morgan fingerprint density at radius 2 is 1.78 bits per heavy atom. The van der Waals surface area contributed by atoms with Crippen LogP contribution in [0.5, 0.6) is 0 Å². The van der Waals surface area contributed by atoms with E-state index in [0.717, 1.165) is 12.8 Å². The van der Waals surface area contributed by atoms with Gasteiger partial charge in [-0.2, -0.15) is 0 Å². The van der Waals surface area contributed by atoms with Crippen molar-refractivity contribution in [3.05, 3.63) is 0 Å². The quantitative estimate of drug-likeness (QED) is 0.651. The molecule has 102 valence electrons. The van der Waals surface area contributed by atoms with Crippen molar-refractivity contribution in [1.29, 1.82) is 0 Å². The van der Waals surface area contributed by atoms with Crippen molar-refractivity contribution < 1.29 is 19.5 Å². The van der Waals surface area contributed by atoms with Crippen LogP contribution in [0.4, 0.5) is 0 Å². The van der Waals surface area contributed by atoms with Crippen LogP contribution in [0.3, 0.4) is 0 Å². The van der Waals surface area contributed by atoms with Crippen molar-refractivity contribution in [2.75, 3.05) is 13.6 Å². The molecule has 0 radical (unpaired) electrons. The van der Waals surface area contributed by atoms with Gasteiger partial charge in [0, 0.05) is 20.0 Å². The molecule has 0 aromatic rings. The lowest BCUT2D eigenvalue weighted by molar-refractivity contribution is -0.149. The van der Waals surface area contributed by atoms with Gasteiger partial charge in [0.2, 0.25) is 11.8 Å². The smallest absolute Gasteiger partial charge is 0.307 e. The lowest BCUT2D eigenvalue weighted by atomic mass is 9.78. The van der Waals surface area contributed by atoms with Crippen molar-refractivity contribution in [2.45, 2.75) is 32.1 Å². The largest absolute Gasteiger partial charge is 0.481 e. The molecule has 1 saturated carbocycles. The summed E-state index contributed by atoms with van der Waals surface area (Å²) < 4.78 is 0. The van der Waals surface area contributed by atoms with E-state index in [9.17, 15) is 14.4 Å². The van der Waals surface area contributed by atoms with E-state index >= 15 is 0 Å². The molecule has 1 fully saturated rings. The fourth-order valence-electron chi connectivity index (χ4n) is 2.30. The van der Waals surface area contributed by atoms with Crippen LogP contribution in [0.15, 0.2) is 0 Å². The Kier molecular flexibility index (Phi) is 5.61. The van der Waals surface area contributed by atoms with E-state index in [-0.39, 0.29) is 24.8 Å². The number of carbonyl (C=O) groups excluding carboxylic acids is 2. The molecule has 2 unspecified atom stereocenters. The van der Waals surface area contributed by atoms with E-state index in [0.29, 0.717) is 12.8 Å². The summed E-state index contributed by atoms with van der Waals surface area (Å²) in [5.41, 5.74) is 0. The van der Waals surface area contributed by atoms with Crippen LogP contribution in [0, 0.1) is 11.8 Å². The minimum absolute atomic E-state index is 0.145. The number of carboxylic acid groups (broad SMARTS) is 1. The number of rotatable bonds is 5. The van der Waals surface area contributed by atoms with Crippen LogP contribution in [0.2, 0.25) is 0 Å². The Morgan fingerprint density at radius 3 is 2.33 bits per heavy atom. The number of carboxylic acids is 1. The van der Waals surface area contributed by atoms with Crippen molar-refractivity contribution in [3.63, 3.8) is 0 Å². The van der Waals surface area contributed by atoms with Crippen molar-refractivity contribution >= 4 is 17.8 Å². The fraction of sp³-hybridized carbons (Fsp3) is 0.750. The van der Waals surface area contributed by atoms with Gasteiger partial charge in [-0.3, -0.25) is 14.4 Å². The molecule has 0 bridgehead atoms. The molecule has 0 aliphatic heterocycles. The van der Waals surface area contributed by atoms with E-state index in [1.165, 1.54) is 7.05 Å². The highest BCUT2D eigenvalue weighted by atomic mass is 16.4. The van der Waals surface area contributed by atoms with Gasteiger partial charge in [0.15, 0.2) is 0 Å². The standard InChI is InChI=1S/C12H20N2O4/c1-13-10(15)6-7-14-11(16)8-4-2-3-5-9(8)12(17)18/h8-9H,2-7H2,1H3,(H,13,15)(H,14,16)(H,17,18). The van der Waals surface area contributed by atoms with E-state index in [2.05, 4.69) is 10.6 Å². The normalized spacial score (nSPS) is 23.2. The first-order valence-electron chi connectivity index (χ1n) is 6.27. The number of carbonyl (C=O) groups is 3. The van der Waals surface area contributed by atoms with Gasteiger partial charge in [0.05, 0.1) is 11.8 Å². The first kappa shape index (κ1) is 14.5. The fourth-order valence-corrected chi connectivity index (χ4v) is 2.30. The summed E-state index contributed by atoms with van der Waals surface area (Å²) in [7, 11) is 1.53. The van der Waals surface area contributed by atoms with Gasteiger partial charge in [-0.25, -0.2) is 0 Å². The highest BCUT2D eigenvalue weighted by Crippen LogP contribution is 2.30. The maximum atomic E-state index is 11.9. The van der Waals surface area contributed by atoms with Crippen molar-refractivity contribution in [2.24, 2.45) is 11.8 Å². The number of nitrogens with one attached hydrogen (secondary N) is 2. The molecule has 18 heavy (non-hydrogen) atoms. The van der Waals surface area contributed by atoms with E-state index in [1.807, 2.05) is 0 Å². The van der Waals surface area contributed by atoms with Gasteiger partial charge in [-0.05, 0) is 12.8 Å². The molecule has 0 spiro atoms. The van der Waals surface area contributed by atoms with Crippen LogP contribution in [-0.2, 0) is 14.4 Å². The summed E-state index contributed by atoms with van der Waals surface area (Å²) in [4.78, 5) is 33.9. The van der Waals surface area contributed by atoms with Crippen LogP contribution in [0.25, 0.3) is 0 Å². The van der Waals surface area contributed by atoms with Gasteiger partial charge in [0.1, 0.15) is 0 Å². The van der Waals surface area contributed by atoms with E-state index < -0.39 is 17.8 Å². The lowest BCUT2D eigenvalue weighted by Crippen LogP contribution is -2.40. The molecule has 2 amide bonds. The minimum atomic E-state index is -0.902. The third-order valence-corrected chi connectivity index (χ3v) is 3.35. The number of hydrogen-bond acceptors (Lipinski definition) is 3. The molecule has 0 saturated heterocycles. The van der Waals surface area contributed by atoms with Gasteiger partial charge in [0.25, 0.3) is 0 Å². The number of aliphatic carboxylic acids is 1. The zero-order chi connectivity index (χ0) is 13.5. The second kappa shape index (κ2) is 6.98. The highest BCUT2D eigenvalue weighted by Gasteiger charge is 2.35. The molecule has 3 N–H and O–H groups in total. The van der Waals surface area contributed by atoms with Crippen molar-refractivity contribution in [1.82, 2.24) is 10.6 Å². The van der Waals surface area contributed by atoms with Crippen LogP contribution in [0.1, 0.15) is 32.1 Å². The molecule has 1 rings (SSSR count). The summed E-state index contributed by atoms with van der Waals surface area (Å²) in [5.74, 6) is -2.33. The Morgan fingerprint density at radius 1 is 1.17 bits per heavy atom. The number of amides is 2. The van der Waals surface area contributed by atoms with Gasteiger partial charge < -0.3 is 15.7 Å². The molecular weight excluding hydrogens is 236 g/mol. The van der Waals surface area contributed by atoms with Crippen molar-refractivity contribution in [3.8, 4) is 0 Å². The minimum Gasteiger partial charge on any atom is -0.481 e. The second-order valence-corrected chi connectivity index (χ2v) is 4.55. The molecule has 0 aromatic heterocycles. The molecule has 6 heteroatoms. The predicted molar refractivity (Wildman–Crippen MR) is 64.8 cm³/mol. The van der Waals surface area contributed by atoms with Crippen LogP contribution in [-0.4, -0.2) is 36.5 Å². The third-order valence-electron chi connectivity index (χ3n) is 3.35. The Bertz CT molecular complexity index is 330. The summed E-state index contributed by atoms with van der Waals surface area (Å²) in [5, 5.41) is 14.2. The second-order valence-electron chi connectivity index (χ2n) is 4.55. The Hall–Kier alpha value is -1.59. The molecular formula is C12H20N2O4. The zero-order valence-electron chi connectivity index (χ0n) is 10.6.